The van der Waals surface area contributed by atoms with E-state index < -0.39 is 0 Å². The molecule has 1 heterocycles. The fourth-order valence-corrected chi connectivity index (χ4v) is 0.886. The number of aromatic nitrogens is 2. The quantitative estimate of drug-likeness (QED) is 0.674. The molecule has 0 aliphatic carbocycles. The van der Waals surface area contributed by atoms with Crippen molar-refractivity contribution in [2.24, 2.45) is 0 Å². The fraction of sp³-hybridized carbons (Fsp3) is 0.571. The molecule has 0 radical (unpaired) electrons. The Bertz CT molecular complexity index is 207. The van der Waals surface area contributed by atoms with Gasteiger partial charge in [-0.2, -0.15) is 5.10 Å². The lowest BCUT2D eigenvalue weighted by Gasteiger charge is -2.06. The molecule has 10 heavy (non-hydrogen) atoms. The Morgan fingerprint density at radius 2 is 2.40 bits per heavy atom. The van der Waals surface area contributed by atoms with Gasteiger partial charge < -0.3 is 4.74 Å². The van der Waals surface area contributed by atoms with Gasteiger partial charge in [-0.15, -0.1) is 0 Å². The second-order valence-corrected chi connectivity index (χ2v) is 2.34. The fourth-order valence-electron chi connectivity index (χ4n) is 0.886. The highest BCUT2D eigenvalue weighted by atomic mass is 16.5. The van der Waals surface area contributed by atoms with Crippen LogP contribution in [0.1, 0.15) is 24.3 Å². The molecule has 0 aromatic carbocycles. The molecule has 1 aromatic rings. The van der Waals surface area contributed by atoms with Gasteiger partial charge in [-0.25, -0.2) is 0 Å². The molecule has 3 nitrogen and oxygen atoms in total. The number of hydrogen-bond acceptors (Lipinski definition) is 2. The first-order chi connectivity index (χ1) is 4.75. The molecule has 56 valence electrons. The molecule has 0 saturated heterocycles. The second-order valence-electron chi connectivity index (χ2n) is 2.34. The minimum Gasteiger partial charge on any atom is -0.375 e. The van der Waals surface area contributed by atoms with Crippen LogP contribution in [0.2, 0.25) is 0 Å². The lowest BCUT2D eigenvalue weighted by molar-refractivity contribution is 0.115. The first-order valence-electron chi connectivity index (χ1n) is 3.28. The van der Waals surface area contributed by atoms with E-state index in [9.17, 15) is 0 Å². The van der Waals surface area contributed by atoms with Crippen molar-refractivity contribution in [1.29, 1.82) is 0 Å². The molecule has 1 aromatic heterocycles. The van der Waals surface area contributed by atoms with Crippen LogP contribution in [0.25, 0.3) is 0 Å². The third-order valence-corrected chi connectivity index (χ3v) is 1.63. The van der Waals surface area contributed by atoms with Gasteiger partial charge in [-0.3, -0.25) is 5.10 Å². The van der Waals surface area contributed by atoms with Crippen molar-refractivity contribution in [2.45, 2.75) is 20.0 Å². The molecule has 0 saturated carbocycles. The van der Waals surface area contributed by atoms with Crippen LogP contribution in [0.4, 0.5) is 0 Å². The number of rotatable bonds is 2. The molecule has 0 spiro atoms. The molecular formula is C7H12N2O. The summed E-state index contributed by atoms with van der Waals surface area (Å²) in [5.74, 6) is 0. The van der Waals surface area contributed by atoms with Crippen molar-refractivity contribution in [3.05, 3.63) is 17.5 Å². The largest absolute Gasteiger partial charge is 0.375 e. The lowest BCUT2D eigenvalue weighted by atomic mass is 10.2. The maximum atomic E-state index is 5.10. The highest BCUT2D eigenvalue weighted by molar-refractivity contribution is 5.15. The van der Waals surface area contributed by atoms with E-state index in [4.69, 9.17) is 4.74 Å². The summed E-state index contributed by atoms with van der Waals surface area (Å²) in [5, 5.41) is 6.77. The van der Waals surface area contributed by atoms with Crippen LogP contribution in [-0.4, -0.2) is 17.3 Å². The maximum absolute atomic E-state index is 5.10. The van der Waals surface area contributed by atoms with Gasteiger partial charge in [0.05, 0.1) is 18.0 Å². The van der Waals surface area contributed by atoms with Crippen molar-refractivity contribution >= 4 is 0 Å². The molecule has 1 unspecified atom stereocenters. The number of ether oxygens (including phenoxy) is 1. The standard InChI is InChI=1S/C7H12N2O/c1-5-4-8-9-7(5)6(2)10-3/h4,6H,1-3H3,(H,8,9). The zero-order valence-electron chi connectivity index (χ0n) is 6.51. The third kappa shape index (κ3) is 1.19. The molecule has 0 aliphatic heterocycles. The van der Waals surface area contributed by atoms with Crippen molar-refractivity contribution in [3.63, 3.8) is 0 Å². The minimum atomic E-state index is 0.113. The molecule has 3 heteroatoms. The van der Waals surface area contributed by atoms with Crippen LogP contribution in [0.5, 0.6) is 0 Å². The van der Waals surface area contributed by atoms with Gasteiger partial charge >= 0.3 is 0 Å². The summed E-state index contributed by atoms with van der Waals surface area (Å²) in [6.45, 7) is 3.99. The Morgan fingerprint density at radius 3 is 2.80 bits per heavy atom. The summed E-state index contributed by atoms with van der Waals surface area (Å²) >= 11 is 0. The van der Waals surface area contributed by atoms with Crippen molar-refractivity contribution in [1.82, 2.24) is 10.2 Å². The van der Waals surface area contributed by atoms with Gasteiger partial charge in [0.1, 0.15) is 0 Å². The first kappa shape index (κ1) is 7.28. The van der Waals surface area contributed by atoms with E-state index in [2.05, 4.69) is 10.2 Å². The minimum absolute atomic E-state index is 0.113. The number of aromatic amines is 1. The van der Waals surface area contributed by atoms with E-state index in [1.54, 1.807) is 13.3 Å². The molecule has 0 fully saturated rings. The monoisotopic (exact) mass is 140 g/mol. The highest BCUT2D eigenvalue weighted by Gasteiger charge is 2.07. The summed E-state index contributed by atoms with van der Waals surface area (Å²) < 4.78 is 5.10. The van der Waals surface area contributed by atoms with Gasteiger partial charge in [0, 0.05) is 7.11 Å². The number of H-pyrrole nitrogens is 1. The van der Waals surface area contributed by atoms with Crippen LogP contribution in [0, 0.1) is 6.92 Å². The van der Waals surface area contributed by atoms with Crippen molar-refractivity contribution < 1.29 is 4.74 Å². The van der Waals surface area contributed by atoms with Crippen molar-refractivity contribution in [2.75, 3.05) is 7.11 Å². The second kappa shape index (κ2) is 2.84. The van der Waals surface area contributed by atoms with Crippen LogP contribution in [0.15, 0.2) is 6.20 Å². The van der Waals surface area contributed by atoms with E-state index in [0.29, 0.717) is 0 Å². The Balaban J connectivity index is 2.82. The predicted molar refractivity (Wildman–Crippen MR) is 38.7 cm³/mol. The number of aryl methyl sites for hydroxylation is 1. The highest BCUT2D eigenvalue weighted by Crippen LogP contribution is 2.15. The molecular weight excluding hydrogens is 128 g/mol. The van der Waals surface area contributed by atoms with E-state index in [1.165, 1.54) is 0 Å². The number of nitrogens with one attached hydrogen (secondary N) is 1. The smallest absolute Gasteiger partial charge is 0.0959 e. The van der Waals surface area contributed by atoms with Crippen LogP contribution >= 0.6 is 0 Å². The summed E-state index contributed by atoms with van der Waals surface area (Å²) in [7, 11) is 1.69. The average Bonchev–Trinajstić information content (AvgIpc) is 2.34. The third-order valence-electron chi connectivity index (χ3n) is 1.63. The number of hydrogen-bond donors (Lipinski definition) is 1. The number of methoxy groups -OCH3 is 1. The Labute approximate surface area is 60.4 Å². The van der Waals surface area contributed by atoms with Gasteiger partial charge in [0.15, 0.2) is 0 Å². The molecule has 1 atom stereocenters. The van der Waals surface area contributed by atoms with Crippen LogP contribution in [0.3, 0.4) is 0 Å². The van der Waals surface area contributed by atoms with Gasteiger partial charge in [-0.1, -0.05) is 0 Å². The normalized spacial score (nSPS) is 13.5. The summed E-state index contributed by atoms with van der Waals surface area (Å²) in [5.41, 5.74) is 2.21. The summed E-state index contributed by atoms with van der Waals surface area (Å²) in [6, 6.07) is 0. The number of nitrogens with zero attached hydrogens (tertiary/aromatic N) is 1. The lowest BCUT2D eigenvalue weighted by Crippen LogP contribution is -1.97. The zero-order valence-corrected chi connectivity index (χ0v) is 6.51. The van der Waals surface area contributed by atoms with Crippen molar-refractivity contribution in [3.8, 4) is 0 Å². The molecule has 1 N–H and O–H groups in total. The molecule has 0 bridgehead atoms. The maximum Gasteiger partial charge on any atom is 0.0959 e. The predicted octanol–water partition coefficient (Wildman–Crippen LogP) is 1.43. The average molecular weight is 140 g/mol. The Kier molecular flexibility index (Phi) is 2.06. The summed E-state index contributed by atoms with van der Waals surface area (Å²) in [6.07, 6.45) is 1.91. The van der Waals surface area contributed by atoms with Crippen LogP contribution < -0.4 is 0 Å². The zero-order chi connectivity index (χ0) is 7.56. The van der Waals surface area contributed by atoms with Crippen LogP contribution in [-0.2, 0) is 4.74 Å². The molecule has 0 aliphatic rings. The van der Waals surface area contributed by atoms with Gasteiger partial charge in [0.2, 0.25) is 0 Å². The SMILES string of the molecule is COC(C)c1[nH]ncc1C. The Hall–Kier alpha value is -0.830. The Morgan fingerprint density at radius 1 is 1.70 bits per heavy atom. The van der Waals surface area contributed by atoms with E-state index >= 15 is 0 Å². The van der Waals surface area contributed by atoms with E-state index in [1.807, 2.05) is 13.8 Å². The van der Waals surface area contributed by atoms with Gasteiger partial charge in [0.25, 0.3) is 0 Å². The first-order valence-corrected chi connectivity index (χ1v) is 3.28. The van der Waals surface area contributed by atoms with E-state index in [-0.39, 0.29) is 6.10 Å². The molecule has 1 rings (SSSR count). The summed E-state index contributed by atoms with van der Waals surface area (Å²) in [4.78, 5) is 0. The van der Waals surface area contributed by atoms with Gasteiger partial charge in [-0.05, 0) is 19.4 Å². The molecule has 0 amide bonds. The topological polar surface area (TPSA) is 37.9 Å². The van der Waals surface area contributed by atoms with E-state index in [0.717, 1.165) is 11.3 Å².